The molecule has 2 N–H and O–H groups in total. The largest absolute Gasteiger partial charge is 0.384 e. The average molecular weight is 262 g/mol. The molecule has 1 aromatic heterocycles. The molecule has 19 heavy (non-hydrogen) atoms. The van der Waals surface area contributed by atoms with Gasteiger partial charge in [0.1, 0.15) is 11.7 Å². The molecule has 1 saturated heterocycles. The summed E-state index contributed by atoms with van der Waals surface area (Å²) in [6, 6.07) is 3.05. The third-order valence-electron chi connectivity index (χ3n) is 3.12. The molecule has 102 valence electrons. The SMILES string of the molecule is CCNc1ccc(C(=O)N2CCNC(=O)C2C)nc1. The number of hydrogen-bond donors (Lipinski definition) is 2. The van der Waals surface area contributed by atoms with Crippen LogP contribution in [-0.2, 0) is 4.79 Å². The van der Waals surface area contributed by atoms with Gasteiger partial charge in [0.15, 0.2) is 0 Å². The molecule has 1 atom stereocenters. The highest BCUT2D eigenvalue weighted by Crippen LogP contribution is 2.11. The van der Waals surface area contributed by atoms with E-state index >= 15 is 0 Å². The van der Waals surface area contributed by atoms with Crippen molar-refractivity contribution in [2.45, 2.75) is 19.9 Å². The van der Waals surface area contributed by atoms with E-state index in [-0.39, 0.29) is 11.8 Å². The van der Waals surface area contributed by atoms with Crippen molar-refractivity contribution < 1.29 is 9.59 Å². The molecule has 1 aromatic rings. The average Bonchev–Trinajstić information content (AvgIpc) is 2.42. The van der Waals surface area contributed by atoms with Crippen molar-refractivity contribution in [3.8, 4) is 0 Å². The summed E-state index contributed by atoms with van der Waals surface area (Å²) < 4.78 is 0. The minimum Gasteiger partial charge on any atom is -0.384 e. The van der Waals surface area contributed by atoms with Gasteiger partial charge in [-0.05, 0) is 26.0 Å². The molecule has 2 amide bonds. The van der Waals surface area contributed by atoms with E-state index in [2.05, 4.69) is 15.6 Å². The lowest BCUT2D eigenvalue weighted by atomic mass is 10.2. The Morgan fingerprint density at radius 1 is 1.58 bits per heavy atom. The number of aromatic nitrogens is 1. The molecule has 0 spiro atoms. The third kappa shape index (κ3) is 2.83. The Labute approximate surface area is 112 Å². The van der Waals surface area contributed by atoms with E-state index in [4.69, 9.17) is 0 Å². The van der Waals surface area contributed by atoms with Gasteiger partial charge in [0.05, 0.1) is 11.9 Å². The summed E-state index contributed by atoms with van der Waals surface area (Å²) in [7, 11) is 0. The van der Waals surface area contributed by atoms with E-state index in [1.165, 1.54) is 0 Å². The predicted molar refractivity (Wildman–Crippen MR) is 71.9 cm³/mol. The molecule has 0 saturated carbocycles. The highest BCUT2D eigenvalue weighted by Gasteiger charge is 2.30. The van der Waals surface area contributed by atoms with Crippen LogP contribution in [-0.4, -0.2) is 47.4 Å². The molecular weight excluding hydrogens is 244 g/mol. The van der Waals surface area contributed by atoms with Crippen molar-refractivity contribution in [2.24, 2.45) is 0 Å². The number of carbonyl (C=O) groups excluding carboxylic acids is 2. The molecule has 2 rings (SSSR count). The van der Waals surface area contributed by atoms with E-state index in [9.17, 15) is 9.59 Å². The van der Waals surface area contributed by atoms with Crippen molar-refractivity contribution in [3.05, 3.63) is 24.0 Å². The highest BCUT2D eigenvalue weighted by molar-refractivity contribution is 5.96. The number of rotatable bonds is 3. The minimum absolute atomic E-state index is 0.121. The molecule has 0 aliphatic carbocycles. The Morgan fingerprint density at radius 2 is 2.37 bits per heavy atom. The van der Waals surface area contributed by atoms with Crippen molar-refractivity contribution in [1.29, 1.82) is 0 Å². The topological polar surface area (TPSA) is 74.3 Å². The van der Waals surface area contributed by atoms with Crippen LogP contribution in [0.4, 0.5) is 5.69 Å². The van der Waals surface area contributed by atoms with Crippen LogP contribution in [0, 0.1) is 0 Å². The lowest BCUT2D eigenvalue weighted by Crippen LogP contribution is -2.55. The molecule has 1 aliphatic rings. The first kappa shape index (κ1) is 13.3. The van der Waals surface area contributed by atoms with Gasteiger partial charge in [-0.25, -0.2) is 4.98 Å². The van der Waals surface area contributed by atoms with Crippen molar-refractivity contribution in [3.63, 3.8) is 0 Å². The fourth-order valence-electron chi connectivity index (χ4n) is 2.04. The summed E-state index contributed by atoms with van der Waals surface area (Å²) in [4.78, 5) is 29.5. The number of anilines is 1. The third-order valence-corrected chi connectivity index (χ3v) is 3.12. The number of nitrogens with one attached hydrogen (secondary N) is 2. The first-order chi connectivity index (χ1) is 9.13. The fraction of sp³-hybridized carbons (Fsp3) is 0.462. The van der Waals surface area contributed by atoms with Gasteiger partial charge in [0, 0.05) is 19.6 Å². The van der Waals surface area contributed by atoms with Crippen LogP contribution in [0.2, 0.25) is 0 Å². The van der Waals surface area contributed by atoms with Crippen molar-refractivity contribution >= 4 is 17.5 Å². The van der Waals surface area contributed by atoms with E-state index in [1.54, 1.807) is 24.1 Å². The minimum atomic E-state index is -0.448. The van der Waals surface area contributed by atoms with Crippen LogP contribution in [0.1, 0.15) is 24.3 Å². The molecule has 6 nitrogen and oxygen atoms in total. The first-order valence-electron chi connectivity index (χ1n) is 6.42. The van der Waals surface area contributed by atoms with Crippen LogP contribution in [0.5, 0.6) is 0 Å². The Kier molecular flexibility index (Phi) is 3.99. The smallest absolute Gasteiger partial charge is 0.273 e. The summed E-state index contributed by atoms with van der Waals surface area (Å²) in [6.07, 6.45) is 1.63. The quantitative estimate of drug-likeness (QED) is 0.830. The Hall–Kier alpha value is -2.11. The van der Waals surface area contributed by atoms with Crippen LogP contribution < -0.4 is 10.6 Å². The van der Waals surface area contributed by atoms with Crippen molar-refractivity contribution in [2.75, 3.05) is 25.0 Å². The molecule has 6 heteroatoms. The predicted octanol–water partition coefficient (Wildman–Crippen LogP) is 0.474. The molecule has 0 bridgehead atoms. The second-order valence-corrected chi connectivity index (χ2v) is 4.43. The van der Waals surface area contributed by atoms with E-state index in [1.807, 2.05) is 13.0 Å². The molecule has 0 radical (unpaired) electrons. The number of amides is 2. The lowest BCUT2D eigenvalue weighted by molar-refractivity contribution is -0.127. The highest BCUT2D eigenvalue weighted by atomic mass is 16.2. The molecule has 1 unspecified atom stereocenters. The molecule has 0 aromatic carbocycles. The summed E-state index contributed by atoms with van der Waals surface area (Å²) in [5, 5.41) is 5.85. The standard InChI is InChI=1S/C13H18N4O2/c1-3-14-10-4-5-11(16-8-10)13(19)17-7-6-15-12(18)9(17)2/h4-5,8-9,14H,3,6-7H2,1-2H3,(H,15,18). The first-order valence-corrected chi connectivity index (χ1v) is 6.42. The summed E-state index contributed by atoms with van der Waals surface area (Å²) in [5.41, 5.74) is 1.24. The Morgan fingerprint density at radius 3 is 3.00 bits per heavy atom. The maximum Gasteiger partial charge on any atom is 0.273 e. The number of carbonyl (C=O) groups is 2. The lowest BCUT2D eigenvalue weighted by Gasteiger charge is -2.32. The van der Waals surface area contributed by atoms with Gasteiger partial charge in [-0.3, -0.25) is 9.59 Å². The zero-order valence-electron chi connectivity index (χ0n) is 11.1. The number of pyridine rings is 1. The van der Waals surface area contributed by atoms with Gasteiger partial charge in [-0.15, -0.1) is 0 Å². The normalized spacial score (nSPS) is 18.9. The number of piperazine rings is 1. The van der Waals surface area contributed by atoms with E-state index in [0.29, 0.717) is 18.8 Å². The van der Waals surface area contributed by atoms with E-state index < -0.39 is 6.04 Å². The molecule has 2 heterocycles. The van der Waals surface area contributed by atoms with Gasteiger partial charge in [0.2, 0.25) is 5.91 Å². The Balaban J connectivity index is 2.12. The molecular formula is C13H18N4O2. The summed E-state index contributed by atoms with van der Waals surface area (Å²) in [6.45, 7) is 5.53. The zero-order chi connectivity index (χ0) is 13.8. The van der Waals surface area contributed by atoms with Crippen LogP contribution >= 0.6 is 0 Å². The molecule has 1 fully saturated rings. The fourth-order valence-corrected chi connectivity index (χ4v) is 2.04. The summed E-state index contributed by atoms with van der Waals surface area (Å²) >= 11 is 0. The molecule has 1 aliphatic heterocycles. The maximum atomic E-state index is 12.3. The van der Waals surface area contributed by atoms with Gasteiger partial charge in [0.25, 0.3) is 5.91 Å². The monoisotopic (exact) mass is 262 g/mol. The number of nitrogens with zero attached hydrogens (tertiary/aromatic N) is 2. The van der Waals surface area contributed by atoms with Crippen molar-refractivity contribution in [1.82, 2.24) is 15.2 Å². The van der Waals surface area contributed by atoms with E-state index in [0.717, 1.165) is 12.2 Å². The van der Waals surface area contributed by atoms with Gasteiger partial charge >= 0.3 is 0 Å². The van der Waals surface area contributed by atoms with Gasteiger partial charge in [-0.1, -0.05) is 0 Å². The zero-order valence-corrected chi connectivity index (χ0v) is 11.1. The number of hydrogen-bond acceptors (Lipinski definition) is 4. The van der Waals surface area contributed by atoms with Gasteiger partial charge in [-0.2, -0.15) is 0 Å². The summed E-state index contributed by atoms with van der Waals surface area (Å²) in [5.74, 6) is -0.325. The second kappa shape index (κ2) is 5.69. The second-order valence-electron chi connectivity index (χ2n) is 4.43. The van der Waals surface area contributed by atoms with Crippen LogP contribution in [0.25, 0.3) is 0 Å². The van der Waals surface area contributed by atoms with Crippen LogP contribution in [0.15, 0.2) is 18.3 Å². The van der Waals surface area contributed by atoms with Crippen LogP contribution in [0.3, 0.4) is 0 Å². The Bertz CT molecular complexity index is 472. The van der Waals surface area contributed by atoms with Gasteiger partial charge < -0.3 is 15.5 Å². The maximum absolute atomic E-state index is 12.3.